The normalized spacial score (nSPS) is 12.4. The highest BCUT2D eigenvalue weighted by atomic mass is 35.5. The second kappa shape index (κ2) is 7.90. The van der Waals surface area contributed by atoms with Crippen LogP contribution < -0.4 is 5.73 Å². The summed E-state index contributed by atoms with van der Waals surface area (Å²) in [7, 11) is 1.79. The Labute approximate surface area is 146 Å². The van der Waals surface area contributed by atoms with Crippen LogP contribution in [0.1, 0.15) is 30.8 Å². The predicted molar refractivity (Wildman–Crippen MR) is 97.0 cm³/mol. The van der Waals surface area contributed by atoms with E-state index in [1.807, 2.05) is 24.3 Å². The van der Waals surface area contributed by atoms with Gasteiger partial charge in [0.05, 0.1) is 0 Å². The molecule has 0 saturated heterocycles. The quantitative estimate of drug-likeness (QED) is 0.858. The van der Waals surface area contributed by atoms with E-state index < -0.39 is 0 Å². The summed E-state index contributed by atoms with van der Waals surface area (Å²) in [5.41, 5.74) is 7.47. The van der Waals surface area contributed by atoms with Crippen LogP contribution in [0, 0.1) is 5.92 Å². The average Bonchev–Trinajstić information content (AvgIpc) is 3.01. The molecule has 1 aromatic carbocycles. The standard InChI is InChI=1S/C17H22ClN3OS/c1-11(2)14(19)8-9-21(3)17(22)15-10-23-16(20-15)12-4-6-13(18)7-5-12/h4-7,10-11,14H,8-9,19H2,1-3H3. The fourth-order valence-electron chi connectivity index (χ4n) is 2.07. The molecular formula is C17H22ClN3OS. The summed E-state index contributed by atoms with van der Waals surface area (Å²) in [6, 6.07) is 7.55. The number of hydrogen-bond donors (Lipinski definition) is 1. The molecule has 1 heterocycles. The highest BCUT2D eigenvalue weighted by Gasteiger charge is 2.17. The van der Waals surface area contributed by atoms with Gasteiger partial charge >= 0.3 is 0 Å². The molecule has 0 bridgehead atoms. The molecule has 1 aromatic heterocycles. The highest BCUT2D eigenvalue weighted by molar-refractivity contribution is 7.13. The minimum absolute atomic E-state index is 0.0718. The van der Waals surface area contributed by atoms with Gasteiger partial charge in [-0.1, -0.05) is 37.6 Å². The summed E-state index contributed by atoms with van der Waals surface area (Å²) >= 11 is 7.35. The number of rotatable bonds is 6. The maximum absolute atomic E-state index is 12.4. The SMILES string of the molecule is CC(C)C(N)CCN(C)C(=O)c1csc(-c2ccc(Cl)cc2)n1. The summed E-state index contributed by atoms with van der Waals surface area (Å²) in [5, 5.41) is 3.30. The van der Waals surface area contributed by atoms with Crippen molar-refractivity contribution in [1.82, 2.24) is 9.88 Å². The molecule has 2 aromatic rings. The molecule has 124 valence electrons. The van der Waals surface area contributed by atoms with Crippen LogP contribution in [0.4, 0.5) is 0 Å². The van der Waals surface area contributed by atoms with Crippen molar-refractivity contribution in [2.24, 2.45) is 11.7 Å². The molecule has 1 atom stereocenters. The lowest BCUT2D eigenvalue weighted by Gasteiger charge is -2.20. The molecular weight excluding hydrogens is 330 g/mol. The van der Waals surface area contributed by atoms with Gasteiger partial charge < -0.3 is 10.6 Å². The molecule has 1 amide bonds. The van der Waals surface area contributed by atoms with Gasteiger partial charge in [0.2, 0.25) is 0 Å². The number of carbonyl (C=O) groups is 1. The first-order valence-corrected chi connectivity index (χ1v) is 8.86. The first-order valence-electron chi connectivity index (χ1n) is 7.61. The molecule has 4 nitrogen and oxygen atoms in total. The van der Waals surface area contributed by atoms with E-state index >= 15 is 0 Å². The Kier molecular flexibility index (Phi) is 6.16. The van der Waals surface area contributed by atoms with E-state index in [4.69, 9.17) is 17.3 Å². The Morgan fingerprint density at radius 3 is 2.61 bits per heavy atom. The van der Waals surface area contributed by atoms with E-state index in [-0.39, 0.29) is 11.9 Å². The number of thiazole rings is 1. The number of amides is 1. The molecule has 2 N–H and O–H groups in total. The number of aromatic nitrogens is 1. The lowest BCUT2D eigenvalue weighted by Crippen LogP contribution is -2.34. The molecule has 0 spiro atoms. The maximum Gasteiger partial charge on any atom is 0.273 e. The smallest absolute Gasteiger partial charge is 0.273 e. The lowest BCUT2D eigenvalue weighted by atomic mass is 10.0. The van der Waals surface area contributed by atoms with E-state index in [0.717, 1.165) is 17.0 Å². The van der Waals surface area contributed by atoms with Crippen molar-refractivity contribution in [3.8, 4) is 10.6 Å². The third-order valence-electron chi connectivity index (χ3n) is 3.82. The second-order valence-electron chi connectivity index (χ2n) is 5.97. The van der Waals surface area contributed by atoms with Crippen LogP contribution in [-0.4, -0.2) is 35.4 Å². The van der Waals surface area contributed by atoms with Crippen LogP contribution in [0.5, 0.6) is 0 Å². The van der Waals surface area contributed by atoms with Gasteiger partial charge in [-0.15, -0.1) is 11.3 Å². The molecule has 0 saturated carbocycles. The first-order chi connectivity index (χ1) is 10.9. The molecule has 0 aliphatic carbocycles. The van der Waals surface area contributed by atoms with Crippen LogP contribution in [0.2, 0.25) is 5.02 Å². The molecule has 0 aliphatic heterocycles. The van der Waals surface area contributed by atoms with Gasteiger partial charge in [-0.2, -0.15) is 0 Å². The zero-order chi connectivity index (χ0) is 17.0. The van der Waals surface area contributed by atoms with Crippen LogP contribution in [0.3, 0.4) is 0 Å². The number of nitrogens with two attached hydrogens (primary N) is 1. The van der Waals surface area contributed by atoms with E-state index in [0.29, 0.717) is 23.2 Å². The van der Waals surface area contributed by atoms with E-state index in [1.54, 1.807) is 17.3 Å². The first kappa shape index (κ1) is 17.9. The number of hydrogen-bond acceptors (Lipinski definition) is 4. The van der Waals surface area contributed by atoms with Crippen LogP contribution in [0.25, 0.3) is 10.6 Å². The van der Waals surface area contributed by atoms with Gasteiger partial charge in [0, 0.05) is 35.6 Å². The fraction of sp³-hybridized carbons (Fsp3) is 0.412. The van der Waals surface area contributed by atoms with E-state index in [9.17, 15) is 4.79 Å². The van der Waals surface area contributed by atoms with Crippen LogP contribution >= 0.6 is 22.9 Å². The summed E-state index contributed by atoms with van der Waals surface area (Å²) < 4.78 is 0. The number of nitrogens with zero attached hydrogens (tertiary/aromatic N) is 2. The van der Waals surface area contributed by atoms with Gasteiger partial charge in [-0.3, -0.25) is 4.79 Å². The summed E-state index contributed by atoms with van der Waals surface area (Å²) in [6.45, 7) is 4.81. The van der Waals surface area contributed by atoms with Gasteiger partial charge in [-0.05, 0) is 24.5 Å². The van der Waals surface area contributed by atoms with Crippen molar-refractivity contribution in [2.45, 2.75) is 26.3 Å². The van der Waals surface area contributed by atoms with Crippen molar-refractivity contribution in [1.29, 1.82) is 0 Å². The Hall–Kier alpha value is -1.43. The van der Waals surface area contributed by atoms with Crippen LogP contribution in [0.15, 0.2) is 29.6 Å². The Morgan fingerprint density at radius 1 is 1.35 bits per heavy atom. The summed E-state index contributed by atoms with van der Waals surface area (Å²) in [6.07, 6.45) is 0.786. The minimum atomic E-state index is -0.0718. The van der Waals surface area contributed by atoms with Crippen LogP contribution in [-0.2, 0) is 0 Å². The molecule has 0 aliphatic rings. The van der Waals surface area contributed by atoms with Crippen molar-refractivity contribution < 1.29 is 4.79 Å². The highest BCUT2D eigenvalue weighted by Crippen LogP contribution is 2.25. The van der Waals surface area contributed by atoms with Crippen molar-refractivity contribution in [2.75, 3.05) is 13.6 Å². The van der Waals surface area contributed by atoms with Crippen molar-refractivity contribution >= 4 is 28.8 Å². The minimum Gasteiger partial charge on any atom is -0.340 e. The zero-order valence-corrected chi connectivity index (χ0v) is 15.2. The summed E-state index contributed by atoms with van der Waals surface area (Å²) in [5.74, 6) is 0.340. The Balaban J connectivity index is 2.01. The molecule has 0 fully saturated rings. The maximum atomic E-state index is 12.4. The van der Waals surface area contributed by atoms with Gasteiger partial charge in [0.15, 0.2) is 0 Å². The van der Waals surface area contributed by atoms with Gasteiger partial charge in [0.1, 0.15) is 10.7 Å². The molecule has 23 heavy (non-hydrogen) atoms. The number of carbonyl (C=O) groups excluding carboxylic acids is 1. The van der Waals surface area contributed by atoms with E-state index in [1.165, 1.54) is 11.3 Å². The number of benzene rings is 1. The summed E-state index contributed by atoms with van der Waals surface area (Å²) in [4.78, 5) is 18.6. The second-order valence-corrected chi connectivity index (χ2v) is 7.26. The molecule has 0 radical (unpaired) electrons. The average molecular weight is 352 g/mol. The zero-order valence-electron chi connectivity index (χ0n) is 13.6. The fourth-order valence-corrected chi connectivity index (χ4v) is 3.00. The Bertz CT molecular complexity index is 654. The van der Waals surface area contributed by atoms with Gasteiger partial charge in [0.25, 0.3) is 5.91 Å². The monoisotopic (exact) mass is 351 g/mol. The number of halogens is 1. The molecule has 2 rings (SSSR count). The predicted octanol–water partition coefficient (Wildman–Crippen LogP) is 3.91. The third kappa shape index (κ3) is 4.77. The van der Waals surface area contributed by atoms with Gasteiger partial charge in [-0.25, -0.2) is 4.98 Å². The van der Waals surface area contributed by atoms with Crippen molar-refractivity contribution in [3.63, 3.8) is 0 Å². The van der Waals surface area contributed by atoms with E-state index in [2.05, 4.69) is 18.8 Å². The molecule has 1 unspecified atom stereocenters. The third-order valence-corrected chi connectivity index (χ3v) is 4.96. The Morgan fingerprint density at radius 2 is 2.00 bits per heavy atom. The largest absolute Gasteiger partial charge is 0.340 e. The molecule has 6 heteroatoms. The topological polar surface area (TPSA) is 59.2 Å². The lowest BCUT2D eigenvalue weighted by molar-refractivity contribution is 0.0784. The van der Waals surface area contributed by atoms with Crippen molar-refractivity contribution in [3.05, 3.63) is 40.4 Å².